The van der Waals surface area contributed by atoms with E-state index in [9.17, 15) is 18.0 Å². The predicted octanol–water partition coefficient (Wildman–Crippen LogP) is 2.60. The van der Waals surface area contributed by atoms with E-state index in [2.05, 4.69) is 4.99 Å². The maximum absolute atomic E-state index is 13.1. The van der Waals surface area contributed by atoms with Crippen molar-refractivity contribution in [2.24, 2.45) is 4.99 Å². The molecule has 0 aliphatic heterocycles. The predicted molar refractivity (Wildman–Crippen MR) is 140 cm³/mol. The van der Waals surface area contributed by atoms with Crippen molar-refractivity contribution in [2.75, 3.05) is 47.1 Å². The number of sulfonamides is 1. The standard InChI is InChI=1S/C25H31N3O7S2/c1-5-35-22(29)17-28-23-18(2)7-6-8-21(23)36-25(28)26-24(30)19-9-11-20(12-10-19)37(31,32)27(13-15-33-3)14-16-34-4/h6-12H,5,13-17H2,1-4H3. The van der Waals surface area contributed by atoms with Gasteiger partial charge in [-0.1, -0.05) is 23.5 Å². The number of para-hydroxylation sites is 1. The summed E-state index contributed by atoms with van der Waals surface area (Å²) in [6.45, 7) is 4.62. The van der Waals surface area contributed by atoms with E-state index in [0.29, 0.717) is 4.80 Å². The van der Waals surface area contributed by atoms with Gasteiger partial charge in [0, 0.05) is 32.9 Å². The first-order chi connectivity index (χ1) is 17.7. The molecule has 0 bridgehead atoms. The molecule has 37 heavy (non-hydrogen) atoms. The number of thiazole rings is 1. The molecule has 1 heterocycles. The Kier molecular flexibility index (Phi) is 10.1. The number of aryl methyl sites for hydroxylation is 1. The highest BCUT2D eigenvalue weighted by molar-refractivity contribution is 7.89. The molecule has 1 aromatic heterocycles. The third-order valence-corrected chi connectivity index (χ3v) is 8.48. The van der Waals surface area contributed by atoms with Gasteiger partial charge < -0.3 is 18.8 Å². The number of rotatable bonds is 12. The lowest BCUT2D eigenvalue weighted by molar-refractivity contribution is -0.143. The zero-order valence-electron chi connectivity index (χ0n) is 21.3. The Hall–Kier alpha value is -2.90. The summed E-state index contributed by atoms with van der Waals surface area (Å²) in [6.07, 6.45) is 0. The Balaban J connectivity index is 1.94. The molecule has 3 rings (SSSR count). The number of hydrogen-bond donors (Lipinski definition) is 0. The summed E-state index contributed by atoms with van der Waals surface area (Å²) in [6, 6.07) is 11.3. The third-order valence-electron chi connectivity index (χ3n) is 5.52. The lowest BCUT2D eigenvalue weighted by atomic mass is 10.2. The van der Waals surface area contributed by atoms with Crippen molar-refractivity contribution in [3.8, 4) is 0 Å². The molecule has 0 N–H and O–H groups in total. The number of benzene rings is 2. The number of esters is 1. The molecule has 0 aliphatic rings. The summed E-state index contributed by atoms with van der Waals surface area (Å²) in [5.41, 5.74) is 1.96. The van der Waals surface area contributed by atoms with Crippen molar-refractivity contribution in [1.29, 1.82) is 0 Å². The molecule has 0 atom stereocenters. The second-order valence-electron chi connectivity index (χ2n) is 8.03. The topological polar surface area (TPSA) is 117 Å². The van der Waals surface area contributed by atoms with Crippen molar-refractivity contribution in [3.63, 3.8) is 0 Å². The number of fused-ring (bicyclic) bond motifs is 1. The fourth-order valence-corrected chi connectivity index (χ4v) is 6.20. The van der Waals surface area contributed by atoms with Crippen LogP contribution in [-0.4, -0.2) is 76.3 Å². The number of aromatic nitrogens is 1. The number of nitrogens with zero attached hydrogens (tertiary/aromatic N) is 3. The van der Waals surface area contributed by atoms with E-state index in [-0.39, 0.29) is 49.9 Å². The number of ether oxygens (including phenoxy) is 3. The Morgan fingerprint density at radius 3 is 2.27 bits per heavy atom. The van der Waals surface area contributed by atoms with Crippen LogP contribution in [0.3, 0.4) is 0 Å². The minimum absolute atomic E-state index is 0.0473. The molecular weight excluding hydrogens is 518 g/mol. The van der Waals surface area contributed by atoms with Crippen molar-refractivity contribution in [1.82, 2.24) is 8.87 Å². The highest BCUT2D eigenvalue weighted by atomic mass is 32.2. The van der Waals surface area contributed by atoms with Gasteiger partial charge in [-0.25, -0.2) is 8.42 Å². The van der Waals surface area contributed by atoms with Gasteiger partial charge in [0.05, 0.1) is 34.9 Å². The van der Waals surface area contributed by atoms with Crippen LogP contribution in [0.15, 0.2) is 52.4 Å². The van der Waals surface area contributed by atoms with Crippen LogP contribution in [0.1, 0.15) is 22.8 Å². The first kappa shape index (κ1) is 28.7. The highest BCUT2D eigenvalue weighted by Gasteiger charge is 2.24. The van der Waals surface area contributed by atoms with Crippen LogP contribution in [0.2, 0.25) is 0 Å². The van der Waals surface area contributed by atoms with E-state index in [0.717, 1.165) is 15.8 Å². The van der Waals surface area contributed by atoms with Gasteiger partial charge in [0.15, 0.2) is 4.80 Å². The van der Waals surface area contributed by atoms with Gasteiger partial charge in [-0.2, -0.15) is 9.30 Å². The van der Waals surface area contributed by atoms with Gasteiger partial charge in [0.25, 0.3) is 5.91 Å². The summed E-state index contributed by atoms with van der Waals surface area (Å²) in [5.74, 6) is -0.984. The number of carbonyl (C=O) groups is 2. The molecule has 2 aromatic carbocycles. The summed E-state index contributed by atoms with van der Waals surface area (Å²) in [5, 5.41) is 0. The van der Waals surface area contributed by atoms with Crippen LogP contribution in [0, 0.1) is 6.92 Å². The number of amides is 1. The monoisotopic (exact) mass is 549 g/mol. The summed E-state index contributed by atoms with van der Waals surface area (Å²) >= 11 is 1.29. The minimum Gasteiger partial charge on any atom is -0.465 e. The first-order valence-electron chi connectivity index (χ1n) is 11.6. The molecule has 0 aliphatic carbocycles. The van der Waals surface area contributed by atoms with Gasteiger partial charge in [-0.3, -0.25) is 9.59 Å². The molecule has 0 unspecified atom stereocenters. The second-order valence-corrected chi connectivity index (χ2v) is 11.0. The molecule has 0 fully saturated rings. The molecule has 10 nitrogen and oxygen atoms in total. The molecule has 12 heteroatoms. The Morgan fingerprint density at radius 1 is 1.03 bits per heavy atom. The van der Waals surface area contributed by atoms with E-state index >= 15 is 0 Å². The van der Waals surface area contributed by atoms with E-state index in [1.807, 2.05) is 25.1 Å². The molecule has 0 saturated heterocycles. The number of carbonyl (C=O) groups excluding carboxylic acids is 2. The van der Waals surface area contributed by atoms with Crippen molar-refractivity contribution < 1.29 is 32.2 Å². The largest absolute Gasteiger partial charge is 0.465 e. The van der Waals surface area contributed by atoms with E-state index in [1.54, 1.807) is 11.5 Å². The van der Waals surface area contributed by atoms with Gasteiger partial charge in [-0.15, -0.1) is 0 Å². The summed E-state index contributed by atoms with van der Waals surface area (Å²) < 4.78 is 45.2. The summed E-state index contributed by atoms with van der Waals surface area (Å²) in [7, 11) is -0.818. The smallest absolute Gasteiger partial charge is 0.326 e. The van der Waals surface area contributed by atoms with Gasteiger partial charge in [0.1, 0.15) is 6.54 Å². The fraction of sp³-hybridized carbons (Fsp3) is 0.400. The molecule has 1 amide bonds. The first-order valence-corrected chi connectivity index (χ1v) is 13.9. The van der Waals surface area contributed by atoms with Crippen LogP contribution in [0.25, 0.3) is 10.2 Å². The fourth-order valence-electron chi connectivity index (χ4n) is 3.68. The number of methoxy groups -OCH3 is 2. The van der Waals surface area contributed by atoms with Crippen LogP contribution in [0.5, 0.6) is 0 Å². The lowest BCUT2D eigenvalue weighted by Crippen LogP contribution is -2.36. The molecule has 0 spiro atoms. The van der Waals surface area contributed by atoms with E-state index in [4.69, 9.17) is 14.2 Å². The zero-order valence-corrected chi connectivity index (χ0v) is 22.9. The van der Waals surface area contributed by atoms with E-state index < -0.39 is 21.9 Å². The van der Waals surface area contributed by atoms with Gasteiger partial charge in [0.2, 0.25) is 10.0 Å². The van der Waals surface area contributed by atoms with Crippen LogP contribution >= 0.6 is 11.3 Å². The van der Waals surface area contributed by atoms with Crippen molar-refractivity contribution in [2.45, 2.75) is 25.3 Å². The molecule has 200 valence electrons. The Morgan fingerprint density at radius 2 is 1.68 bits per heavy atom. The Labute approximate surface area is 220 Å². The Bertz CT molecular complexity index is 1400. The zero-order chi connectivity index (χ0) is 27.0. The molecule has 0 saturated carbocycles. The molecule has 0 radical (unpaired) electrons. The normalized spacial score (nSPS) is 12.4. The second kappa shape index (κ2) is 13.1. The summed E-state index contributed by atoms with van der Waals surface area (Å²) in [4.78, 5) is 30.0. The van der Waals surface area contributed by atoms with Gasteiger partial charge in [-0.05, 0) is 49.7 Å². The minimum atomic E-state index is -3.82. The maximum atomic E-state index is 13.1. The van der Waals surface area contributed by atoms with Crippen LogP contribution in [-0.2, 0) is 35.6 Å². The average molecular weight is 550 g/mol. The third kappa shape index (κ3) is 6.90. The van der Waals surface area contributed by atoms with Crippen molar-refractivity contribution in [3.05, 3.63) is 58.4 Å². The highest BCUT2D eigenvalue weighted by Crippen LogP contribution is 2.21. The van der Waals surface area contributed by atoms with Crippen LogP contribution < -0.4 is 4.80 Å². The molecule has 3 aromatic rings. The van der Waals surface area contributed by atoms with E-state index in [1.165, 1.54) is 54.1 Å². The average Bonchev–Trinajstić information content (AvgIpc) is 3.21. The maximum Gasteiger partial charge on any atom is 0.326 e. The number of hydrogen-bond acceptors (Lipinski definition) is 8. The van der Waals surface area contributed by atoms with Crippen molar-refractivity contribution >= 4 is 43.5 Å². The van der Waals surface area contributed by atoms with Gasteiger partial charge >= 0.3 is 5.97 Å². The lowest BCUT2D eigenvalue weighted by Gasteiger charge is -2.21. The SMILES string of the molecule is CCOC(=O)Cn1c(=NC(=O)c2ccc(S(=O)(=O)N(CCOC)CCOC)cc2)sc2cccc(C)c21. The quantitative estimate of drug-likeness (QED) is 0.319. The molecular formula is C25H31N3O7S2. The van der Waals surface area contributed by atoms with Crippen LogP contribution in [0.4, 0.5) is 0 Å².